The lowest BCUT2D eigenvalue weighted by atomic mass is 9.95. The van der Waals surface area contributed by atoms with Crippen molar-refractivity contribution in [3.63, 3.8) is 0 Å². The van der Waals surface area contributed by atoms with Crippen molar-refractivity contribution in [1.29, 1.82) is 0 Å². The Bertz CT molecular complexity index is 719. The van der Waals surface area contributed by atoms with Crippen LogP contribution in [0.1, 0.15) is 44.9 Å². The van der Waals surface area contributed by atoms with Crippen LogP contribution in [-0.4, -0.2) is 35.5 Å². The van der Waals surface area contributed by atoms with Gasteiger partial charge in [-0.15, -0.1) is 11.3 Å². The molecule has 25 heavy (non-hydrogen) atoms. The van der Waals surface area contributed by atoms with E-state index in [1.54, 1.807) is 17.7 Å². The molecule has 0 aromatic carbocycles. The molecule has 1 aliphatic heterocycles. The molecule has 1 amide bonds. The summed E-state index contributed by atoms with van der Waals surface area (Å²) in [6, 6.07) is 2.22. The van der Waals surface area contributed by atoms with E-state index in [2.05, 4.69) is 47.0 Å². The predicted molar refractivity (Wildman–Crippen MR) is 104 cm³/mol. The maximum Gasteiger partial charge on any atom is 0.223 e. The van der Waals surface area contributed by atoms with Crippen LogP contribution < -0.4 is 10.2 Å². The number of hydrogen-bond acceptors (Lipinski definition) is 5. The molecular weight excluding hydrogens is 332 g/mol. The van der Waals surface area contributed by atoms with Crippen molar-refractivity contribution >= 4 is 33.3 Å². The van der Waals surface area contributed by atoms with Crippen molar-refractivity contribution in [2.45, 2.75) is 46.5 Å². The maximum atomic E-state index is 12.3. The van der Waals surface area contributed by atoms with Crippen molar-refractivity contribution in [2.24, 2.45) is 11.8 Å². The molecule has 6 heteroatoms. The van der Waals surface area contributed by atoms with E-state index in [-0.39, 0.29) is 11.8 Å². The summed E-state index contributed by atoms with van der Waals surface area (Å²) >= 11 is 1.75. The van der Waals surface area contributed by atoms with Crippen molar-refractivity contribution in [1.82, 2.24) is 15.3 Å². The van der Waals surface area contributed by atoms with Gasteiger partial charge in [-0.2, -0.15) is 0 Å². The molecule has 0 bridgehead atoms. The first kappa shape index (κ1) is 18.1. The molecule has 1 aliphatic rings. The third kappa shape index (κ3) is 4.29. The Kier molecular flexibility index (Phi) is 5.89. The van der Waals surface area contributed by atoms with E-state index < -0.39 is 0 Å². The van der Waals surface area contributed by atoms with Gasteiger partial charge in [-0.05, 0) is 37.7 Å². The number of hydrogen-bond donors (Lipinski definition) is 1. The highest BCUT2D eigenvalue weighted by molar-refractivity contribution is 7.18. The minimum atomic E-state index is 0.134. The molecule has 0 saturated carbocycles. The lowest BCUT2D eigenvalue weighted by Crippen LogP contribution is -2.41. The fraction of sp³-hybridized carbons (Fsp3) is 0.632. The second-order valence-electron chi connectivity index (χ2n) is 7.22. The average Bonchev–Trinajstić information content (AvgIpc) is 3.05. The molecule has 0 unspecified atom stereocenters. The van der Waals surface area contributed by atoms with Crippen LogP contribution in [0.5, 0.6) is 0 Å². The molecule has 2 aromatic heterocycles. The van der Waals surface area contributed by atoms with Gasteiger partial charge < -0.3 is 10.2 Å². The number of piperidine rings is 1. The summed E-state index contributed by atoms with van der Waals surface area (Å²) in [5.41, 5.74) is 0. The molecule has 1 fully saturated rings. The number of carbonyl (C=O) groups is 1. The molecule has 5 nitrogen and oxygen atoms in total. The minimum Gasteiger partial charge on any atom is -0.356 e. The normalized spacial score (nSPS) is 15.9. The zero-order valence-corrected chi connectivity index (χ0v) is 16.2. The molecule has 1 saturated heterocycles. The number of rotatable bonds is 6. The summed E-state index contributed by atoms with van der Waals surface area (Å²) in [6.07, 6.45) is 5.52. The van der Waals surface area contributed by atoms with Gasteiger partial charge in [0.25, 0.3) is 0 Å². The highest BCUT2D eigenvalue weighted by atomic mass is 32.1. The zero-order valence-electron chi connectivity index (χ0n) is 15.4. The van der Waals surface area contributed by atoms with Crippen LogP contribution in [0.2, 0.25) is 0 Å². The summed E-state index contributed by atoms with van der Waals surface area (Å²) in [4.78, 5) is 26.0. The number of anilines is 1. The first-order chi connectivity index (χ1) is 12.1. The second kappa shape index (κ2) is 8.13. The van der Waals surface area contributed by atoms with Crippen LogP contribution in [0.15, 0.2) is 12.4 Å². The lowest BCUT2D eigenvalue weighted by molar-refractivity contribution is -0.125. The quantitative estimate of drug-likeness (QED) is 0.854. The highest BCUT2D eigenvalue weighted by Gasteiger charge is 2.26. The number of nitrogens with zero attached hydrogens (tertiary/aromatic N) is 3. The van der Waals surface area contributed by atoms with Gasteiger partial charge in [0.1, 0.15) is 17.0 Å². The van der Waals surface area contributed by atoms with E-state index in [1.165, 1.54) is 4.88 Å². The van der Waals surface area contributed by atoms with E-state index in [0.717, 1.165) is 61.4 Å². The van der Waals surface area contributed by atoms with Crippen molar-refractivity contribution in [2.75, 3.05) is 24.5 Å². The van der Waals surface area contributed by atoms with Crippen LogP contribution in [0, 0.1) is 11.8 Å². The standard InChI is InChI=1S/C19H28N4OS/c1-4-15-11-16-17(21-12-22-19(16)25-15)23-9-6-14(7-10-23)18(24)20-8-5-13(2)3/h11-14H,4-10H2,1-3H3,(H,20,24). The Morgan fingerprint density at radius 1 is 1.36 bits per heavy atom. The monoisotopic (exact) mass is 360 g/mol. The van der Waals surface area contributed by atoms with Gasteiger partial charge in [-0.25, -0.2) is 9.97 Å². The van der Waals surface area contributed by atoms with Crippen molar-refractivity contribution in [3.05, 3.63) is 17.3 Å². The van der Waals surface area contributed by atoms with E-state index >= 15 is 0 Å². The Morgan fingerprint density at radius 3 is 2.80 bits per heavy atom. The van der Waals surface area contributed by atoms with Gasteiger partial charge in [0.05, 0.1) is 5.39 Å². The van der Waals surface area contributed by atoms with E-state index in [1.807, 2.05) is 0 Å². The van der Waals surface area contributed by atoms with Gasteiger partial charge in [-0.1, -0.05) is 20.8 Å². The Labute approximate surface area is 153 Å². The predicted octanol–water partition coefficient (Wildman–Crippen LogP) is 3.63. The van der Waals surface area contributed by atoms with Crippen LogP contribution >= 0.6 is 11.3 Å². The molecule has 3 rings (SSSR count). The maximum absolute atomic E-state index is 12.3. The van der Waals surface area contributed by atoms with Gasteiger partial charge in [0, 0.05) is 30.4 Å². The first-order valence-electron chi connectivity index (χ1n) is 9.34. The number of aromatic nitrogens is 2. The number of aryl methyl sites for hydroxylation is 1. The largest absolute Gasteiger partial charge is 0.356 e. The molecule has 0 radical (unpaired) electrons. The number of carbonyl (C=O) groups excluding carboxylic acids is 1. The summed E-state index contributed by atoms with van der Waals surface area (Å²) in [7, 11) is 0. The Balaban J connectivity index is 1.61. The Hall–Kier alpha value is -1.69. The SMILES string of the molecule is CCc1cc2c(N3CCC(C(=O)NCCC(C)C)CC3)ncnc2s1. The zero-order chi connectivity index (χ0) is 17.8. The Morgan fingerprint density at radius 2 is 2.12 bits per heavy atom. The molecule has 0 aliphatic carbocycles. The lowest BCUT2D eigenvalue weighted by Gasteiger charge is -2.32. The van der Waals surface area contributed by atoms with Gasteiger partial charge in [0.15, 0.2) is 0 Å². The summed E-state index contributed by atoms with van der Waals surface area (Å²) in [6.45, 7) is 9.08. The smallest absolute Gasteiger partial charge is 0.223 e. The molecule has 3 heterocycles. The molecule has 0 atom stereocenters. The third-order valence-electron chi connectivity index (χ3n) is 4.89. The van der Waals surface area contributed by atoms with Crippen molar-refractivity contribution in [3.8, 4) is 0 Å². The fourth-order valence-corrected chi connectivity index (χ4v) is 4.23. The van der Waals surface area contributed by atoms with Gasteiger partial charge in [-0.3, -0.25) is 4.79 Å². The third-order valence-corrected chi connectivity index (χ3v) is 6.08. The fourth-order valence-electron chi connectivity index (χ4n) is 3.30. The van der Waals surface area contributed by atoms with Crippen LogP contribution in [0.4, 0.5) is 5.82 Å². The topological polar surface area (TPSA) is 58.1 Å². The molecule has 1 N–H and O–H groups in total. The second-order valence-corrected chi connectivity index (χ2v) is 8.33. The summed E-state index contributed by atoms with van der Waals surface area (Å²) in [5, 5.41) is 4.25. The van der Waals surface area contributed by atoms with E-state index in [4.69, 9.17) is 0 Å². The van der Waals surface area contributed by atoms with Crippen LogP contribution in [0.3, 0.4) is 0 Å². The summed E-state index contributed by atoms with van der Waals surface area (Å²) in [5.74, 6) is 2.01. The molecule has 136 valence electrons. The average molecular weight is 361 g/mol. The number of nitrogens with one attached hydrogen (secondary N) is 1. The van der Waals surface area contributed by atoms with Crippen LogP contribution in [-0.2, 0) is 11.2 Å². The van der Waals surface area contributed by atoms with E-state index in [9.17, 15) is 4.79 Å². The first-order valence-corrected chi connectivity index (χ1v) is 10.2. The van der Waals surface area contributed by atoms with E-state index in [0.29, 0.717) is 5.92 Å². The van der Waals surface area contributed by atoms with Gasteiger partial charge >= 0.3 is 0 Å². The number of fused-ring (bicyclic) bond motifs is 1. The highest BCUT2D eigenvalue weighted by Crippen LogP contribution is 2.32. The summed E-state index contributed by atoms with van der Waals surface area (Å²) < 4.78 is 0. The molecule has 2 aromatic rings. The molecular formula is C19H28N4OS. The number of amides is 1. The van der Waals surface area contributed by atoms with Crippen LogP contribution in [0.25, 0.3) is 10.2 Å². The minimum absolute atomic E-state index is 0.134. The van der Waals surface area contributed by atoms with Crippen molar-refractivity contribution < 1.29 is 4.79 Å². The van der Waals surface area contributed by atoms with Gasteiger partial charge in [0.2, 0.25) is 5.91 Å². The number of thiophene rings is 1. The molecule has 0 spiro atoms.